The summed E-state index contributed by atoms with van der Waals surface area (Å²) in [5.41, 5.74) is 2.02. The lowest BCUT2D eigenvalue weighted by atomic mass is 10.2. The number of imidazole rings is 1. The Bertz CT molecular complexity index is 779. The minimum atomic E-state index is -0.0642. The van der Waals surface area contributed by atoms with Gasteiger partial charge in [-0.15, -0.1) is 0 Å². The minimum Gasteiger partial charge on any atom is -0.493 e. The van der Waals surface area contributed by atoms with Crippen LogP contribution in [0.2, 0.25) is 0 Å². The van der Waals surface area contributed by atoms with E-state index < -0.39 is 0 Å². The predicted octanol–water partition coefficient (Wildman–Crippen LogP) is 2.31. The molecule has 3 rings (SSSR count). The van der Waals surface area contributed by atoms with Gasteiger partial charge in [0.05, 0.1) is 5.69 Å². The molecule has 1 aliphatic rings. The van der Waals surface area contributed by atoms with E-state index in [0.717, 1.165) is 63.2 Å². The van der Waals surface area contributed by atoms with Crippen molar-refractivity contribution in [1.29, 1.82) is 0 Å². The van der Waals surface area contributed by atoms with Crippen LogP contribution in [0.3, 0.4) is 0 Å². The number of hydrogen-bond acceptors (Lipinski definition) is 4. The number of nitrogens with zero attached hydrogens (tertiary/aromatic N) is 2. The summed E-state index contributed by atoms with van der Waals surface area (Å²) in [6.07, 6.45) is 4.59. The molecule has 2 heterocycles. The number of nitrogens with one attached hydrogen (secondary N) is 1. The van der Waals surface area contributed by atoms with Crippen LogP contribution >= 0.6 is 0 Å². The average Bonchev–Trinajstić information content (AvgIpc) is 3.23. The summed E-state index contributed by atoms with van der Waals surface area (Å²) < 4.78 is 8.97. The third-order valence-corrected chi connectivity index (χ3v) is 4.94. The number of rotatable bonds is 10. The fraction of sp³-hybridized carbons (Fsp3) is 0.550. The van der Waals surface area contributed by atoms with Crippen LogP contribution in [-0.4, -0.2) is 33.9 Å². The Labute approximate surface area is 154 Å². The van der Waals surface area contributed by atoms with Gasteiger partial charge in [0.1, 0.15) is 12.4 Å². The molecule has 1 aromatic carbocycles. The van der Waals surface area contributed by atoms with Crippen molar-refractivity contribution in [2.24, 2.45) is 0 Å². The zero-order valence-electron chi connectivity index (χ0n) is 15.5. The maximum atomic E-state index is 12.2. The number of hydrogen-bond donors (Lipinski definition) is 2. The van der Waals surface area contributed by atoms with Gasteiger partial charge in [-0.3, -0.25) is 9.13 Å². The number of ether oxygens (including phenoxy) is 1. The van der Waals surface area contributed by atoms with Crippen LogP contribution in [0.1, 0.15) is 37.4 Å². The van der Waals surface area contributed by atoms with Crippen molar-refractivity contribution in [2.45, 2.75) is 52.1 Å². The molecule has 6 nitrogen and oxygen atoms in total. The average molecular weight is 359 g/mol. The van der Waals surface area contributed by atoms with E-state index in [4.69, 9.17) is 4.74 Å². The van der Waals surface area contributed by atoms with Gasteiger partial charge >= 0.3 is 5.69 Å². The first-order valence-corrected chi connectivity index (χ1v) is 9.64. The van der Waals surface area contributed by atoms with E-state index in [0.29, 0.717) is 13.2 Å². The van der Waals surface area contributed by atoms with E-state index in [-0.39, 0.29) is 11.6 Å². The molecule has 26 heavy (non-hydrogen) atoms. The zero-order chi connectivity index (χ0) is 18.4. The van der Waals surface area contributed by atoms with Gasteiger partial charge in [-0.2, -0.15) is 0 Å². The number of aromatic nitrogens is 2. The lowest BCUT2D eigenvalue weighted by molar-refractivity contribution is 0.313. The van der Waals surface area contributed by atoms with Gasteiger partial charge in [-0.25, -0.2) is 4.79 Å². The van der Waals surface area contributed by atoms with E-state index in [1.165, 1.54) is 10.1 Å². The fourth-order valence-electron chi connectivity index (χ4n) is 3.45. The van der Waals surface area contributed by atoms with Gasteiger partial charge < -0.3 is 15.2 Å². The van der Waals surface area contributed by atoms with Crippen LogP contribution in [-0.2, 0) is 25.9 Å². The van der Waals surface area contributed by atoms with Crippen molar-refractivity contribution < 1.29 is 9.84 Å². The van der Waals surface area contributed by atoms with Crippen LogP contribution in [0.25, 0.3) is 0 Å². The van der Waals surface area contributed by atoms with Gasteiger partial charge in [-0.05, 0) is 56.3 Å². The van der Waals surface area contributed by atoms with Gasteiger partial charge in [0.25, 0.3) is 0 Å². The molecule has 0 atom stereocenters. The summed E-state index contributed by atoms with van der Waals surface area (Å²) in [6, 6.07) is 8.20. The molecule has 0 aliphatic carbocycles. The van der Waals surface area contributed by atoms with Gasteiger partial charge in [0.2, 0.25) is 5.88 Å². The molecule has 0 bridgehead atoms. The predicted molar refractivity (Wildman–Crippen MR) is 102 cm³/mol. The molecule has 142 valence electrons. The molecule has 1 aromatic heterocycles. The number of aryl methyl sites for hydroxylation is 1. The first-order chi connectivity index (χ1) is 12.7. The normalized spacial score (nSPS) is 13.1. The molecule has 1 aliphatic heterocycles. The van der Waals surface area contributed by atoms with Crippen LogP contribution < -0.4 is 15.7 Å². The Balaban J connectivity index is 1.30. The molecule has 6 heteroatoms. The molecule has 2 aromatic rings. The van der Waals surface area contributed by atoms with Crippen LogP contribution in [0.4, 0.5) is 0 Å². The minimum absolute atomic E-state index is 0.0642. The highest BCUT2D eigenvalue weighted by atomic mass is 16.5. The third-order valence-electron chi connectivity index (χ3n) is 4.94. The van der Waals surface area contributed by atoms with Gasteiger partial charge in [0, 0.05) is 19.6 Å². The Morgan fingerprint density at radius 1 is 1.27 bits per heavy atom. The molecule has 0 spiro atoms. The van der Waals surface area contributed by atoms with Gasteiger partial charge in [0.15, 0.2) is 0 Å². The number of aromatic hydroxyl groups is 1. The highest BCUT2D eigenvalue weighted by Crippen LogP contribution is 2.23. The first kappa shape index (κ1) is 18.6. The lowest BCUT2D eigenvalue weighted by Gasteiger charge is -2.09. The molecule has 0 saturated heterocycles. The van der Waals surface area contributed by atoms with Crippen molar-refractivity contribution in [3.05, 3.63) is 46.0 Å². The summed E-state index contributed by atoms with van der Waals surface area (Å²) >= 11 is 0. The van der Waals surface area contributed by atoms with E-state index in [2.05, 4.69) is 24.4 Å². The summed E-state index contributed by atoms with van der Waals surface area (Å²) in [5, 5.41) is 13.5. The first-order valence-electron chi connectivity index (χ1n) is 9.64. The number of unbranched alkanes of at least 4 members (excludes halogenated alkanes) is 1. The maximum Gasteiger partial charge on any atom is 0.331 e. The smallest absolute Gasteiger partial charge is 0.331 e. The van der Waals surface area contributed by atoms with Crippen molar-refractivity contribution in [2.75, 3.05) is 19.7 Å². The summed E-state index contributed by atoms with van der Waals surface area (Å²) in [6.45, 7) is 5.75. The SMILES string of the molecule is CCc1cccc(OCCNCCCCn2c(O)c3n(c2=O)CCC3)c1. The Hall–Kier alpha value is -2.21. The molecule has 0 amide bonds. The van der Waals surface area contributed by atoms with Crippen molar-refractivity contribution in [3.63, 3.8) is 0 Å². The highest BCUT2D eigenvalue weighted by Gasteiger charge is 2.22. The molecular formula is C20H29N3O3. The topological polar surface area (TPSA) is 68.4 Å². The maximum absolute atomic E-state index is 12.2. The third kappa shape index (κ3) is 4.30. The molecule has 0 radical (unpaired) electrons. The summed E-state index contributed by atoms with van der Waals surface area (Å²) in [5.74, 6) is 1.09. The molecule has 0 saturated carbocycles. The standard InChI is InChI=1S/C20H29N3O3/c1-2-16-7-5-8-17(15-16)26-14-11-21-10-3-4-12-23-19(24)18-9-6-13-22(18)20(23)25/h5,7-8,15,21,24H,2-4,6,9-14H2,1H3. The van der Waals surface area contributed by atoms with Crippen molar-refractivity contribution in [3.8, 4) is 11.6 Å². The number of fused-ring (bicyclic) bond motifs is 1. The summed E-state index contributed by atoms with van der Waals surface area (Å²) in [4.78, 5) is 12.2. The van der Waals surface area contributed by atoms with Crippen molar-refractivity contribution in [1.82, 2.24) is 14.5 Å². The zero-order valence-corrected chi connectivity index (χ0v) is 15.5. The fourth-order valence-corrected chi connectivity index (χ4v) is 3.45. The Morgan fingerprint density at radius 3 is 2.96 bits per heavy atom. The van der Waals surface area contributed by atoms with Crippen LogP contribution in [0.15, 0.2) is 29.1 Å². The molecule has 0 unspecified atom stereocenters. The molecule has 0 fully saturated rings. The summed E-state index contributed by atoms with van der Waals surface area (Å²) in [7, 11) is 0. The monoisotopic (exact) mass is 359 g/mol. The van der Waals surface area contributed by atoms with E-state index >= 15 is 0 Å². The molecule has 2 N–H and O–H groups in total. The van der Waals surface area contributed by atoms with Gasteiger partial charge in [-0.1, -0.05) is 19.1 Å². The Morgan fingerprint density at radius 2 is 2.15 bits per heavy atom. The quantitative estimate of drug-likeness (QED) is 0.639. The second-order valence-corrected chi connectivity index (χ2v) is 6.77. The Kier molecular flexibility index (Phi) is 6.39. The van der Waals surface area contributed by atoms with E-state index in [1.54, 1.807) is 4.57 Å². The highest BCUT2D eigenvalue weighted by molar-refractivity contribution is 5.28. The largest absolute Gasteiger partial charge is 0.493 e. The lowest BCUT2D eigenvalue weighted by Crippen LogP contribution is -2.25. The van der Waals surface area contributed by atoms with E-state index in [1.807, 2.05) is 12.1 Å². The second kappa shape index (κ2) is 8.94. The second-order valence-electron chi connectivity index (χ2n) is 6.77. The number of benzene rings is 1. The van der Waals surface area contributed by atoms with Crippen LogP contribution in [0, 0.1) is 0 Å². The van der Waals surface area contributed by atoms with Crippen LogP contribution in [0.5, 0.6) is 11.6 Å². The van der Waals surface area contributed by atoms with Crippen molar-refractivity contribution >= 4 is 0 Å². The molecular weight excluding hydrogens is 330 g/mol. The van der Waals surface area contributed by atoms with E-state index in [9.17, 15) is 9.90 Å².